The van der Waals surface area contributed by atoms with E-state index >= 15 is 0 Å². The Balaban J connectivity index is 1.74. The Hall–Kier alpha value is -3.19. The zero-order chi connectivity index (χ0) is 36.4. The highest BCUT2D eigenvalue weighted by Crippen LogP contribution is 2.48. The number of aryl methyl sites for hydroxylation is 1. The van der Waals surface area contributed by atoms with Crippen molar-refractivity contribution in [3.8, 4) is 0 Å². The normalized spacial score (nSPS) is 16.0. The third-order valence-corrected chi connectivity index (χ3v) is 13.0. The first-order chi connectivity index (χ1) is 22.7. The highest BCUT2D eigenvalue weighted by molar-refractivity contribution is 7.89. The van der Waals surface area contributed by atoms with Crippen molar-refractivity contribution in [1.82, 2.24) is 4.31 Å². The van der Waals surface area contributed by atoms with Crippen LogP contribution in [0.4, 0.5) is 5.69 Å². The maximum absolute atomic E-state index is 12.8. The van der Waals surface area contributed by atoms with Crippen LogP contribution < -0.4 is 9.47 Å². The predicted molar refractivity (Wildman–Crippen MR) is 188 cm³/mol. The molecule has 3 aromatic rings. The van der Waals surface area contributed by atoms with E-state index in [0.717, 1.165) is 26.2 Å². The van der Waals surface area contributed by atoms with E-state index in [0.29, 0.717) is 49.0 Å². The molecular formula is C32H42N3O10S4+. The first kappa shape index (κ1) is 38.6. The van der Waals surface area contributed by atoms with Gasteiger partial charge in [-0.3, -0.25) is 13.9 Å². The van der Waals surface area contributed by atoms with Gasteiger partial charge < -0.3 is 10.0 Å². The molecule has 13 nitrogen and oxygen atoms in total. The monoisotopic (exact) mass is 756 g/mol. The largest absolute Gasteiger partial charge is 0.481 e. The topological polar surface area (TPSA) is 191 Å². The second-order valence-corrected chi connectivity index (χ2v) is 18.8. The van der Waals surface area contributed by atoms with Crippen molar-refractivity contribution >= 4 is 69.5 Å². The van der Waals surface area contributed by atoms with Gasteiger partial charge in [-0.25, -0.2) is 12.7 Å². The second kappa shape index (κ2) is 15.0. The van der Waals surface area contributed by atoms with Crippen LogP contribution in [0.2, 0.25) is 0 Å². The Morgan fingerprint density at radius 3 is 2.27 bits per heavy atom. The van der Waals surface area contributed by atoms with Gasteiger partial charge >= 0.3 is 5.97 Å². The number of nitrogens with zero attached hydrogens (tertiary/aromatic N) is 3. The first-order valence-corrected chi connectivity index (χ1v) is 20.9. The fourth-order valence-corrected chi connectivity index (χ4v) is 9.09. The molecule has 0 saturated heterocycles. The molecule has 1 aliphatic rings. The number of carboxylic acids is 1. The minimum Gasteiger partial charge on any atom is -0.481 e. The second-order valence-electron chi connectivity index (χ2n) is 12.5. The Bertz CT molecular complexity index is 2120. The van der Waals surface area contributed by atoms with E-state index < -0.39 is 41.6 Å². The van der Waals surface area contributed by atoms with Gasteiger partial charge in [0.2, 0.25) is 15.5 Å². The third-order valence-electron chi connectivity index (χ3n) is 8.44. The molecule has 49 heavy (non-hydrogen) atoms. The number of benzene rings is 2. The lowest BCUT2D eigenvalue weighted by molar-refractivity contribution is -0.669. The van der Waals surface area contributed by atoms with Crippen LogP contribution in [0.5, 0.6) is 0 Å². The molecule has 0 radical (unpaired) electrons. The number of hydrogen-bond acceptors (Lipinski definition) is 9. The Morgan fingerprint density at radius 2 is 1.63 bits per heavy atom. The van der Waals surface area contributed by atoms with Crippen LogP contribution in [-0.2, 0) is 47.0 Å². The number of rotatable bonds is 16. The summed E-state index contributed by atoms with van der Waals surface area (Å²) in [5.74, 6) is -1.23. The van der Waals surface area contributed by atoms with Gasteiger partial charge in [-0.15, -0.1) is 0 Å². The van der Waals surface area contributed by atoms with Crippen molar-refractivity contribution in [2.45, 2.75) is 74.1 Å². The summed E-state index contributed by atoms with van der Waals surface area (Å²) in [4.78, 5) is 13.0. The summed E-state index contributed by atoms with van der Waals surface area (Å²) in [6, 6.07) is 9.34. The average Bonchev–Trinajstić information content (AvgIpc) is 3.44. The SMILES string of the molecule is CN(C)S(=O)(=O)c1ccc2c(c1)sc(C=CC=C1N(CCCCCC(=O)O)c3ccc(S(=O)(=O)O)cc3C1(C)C)[n+]2CCCCS(=O)(=O)O. The van der Waals surface area contributed by atoms with Crippen molar-refractivity contribution in [3.63, 3.8) is 0 Å². The molecule has 1 aromatic heterocycles. The molecule has 0 aliphatic carbocycles. The van der Waals surface area contributed by atoms with Crippen molar-refractivity contribution in [2.24, 2.45) is 0 Å². The Labute approximate surface area is 291 Å². The number of carbonyl (C=O) groups is 1. The van der Waals surface area contributed by atoms with Crippen LogP contribution in [-0.4, -0.2) is 76.1 Å². The number of unbranched alkanes of at least 4 members (excludes halogenated alkanes) is 3. The van der Waals surface area contributed by atoms with Crippen LogP contribution in [0.15, 0.2) is 64.0 Å². The lowest BCUT2D eigenvalue weighted by Gasteiger charge is -2.27. The number of aromatic nitrogens is 1. The molecule has 0 spiro atoms. The van der Waals surface area contributed by atoms with Crippen LogP contribution >= 0.6 is 11.3 Å². The zero-order valence-electron chi connectivity index (χ0n) is 27.7. The average molecular weight is 757 g/mol. The molecule has 0 amide bonds. The fraction of sp³-hybridized carbons (Fsp3) is 0.438. The Morgan fingerprint density at radius 1 is 0.939 bits per heavy atom. The van der Waals surface area contributed by atoms with E-state index in [4.69, 9.17) is 5.11 Å². The van der Waals surface area contributed by atoms with Crippen molar-refractivity contribution in [2.75, 3.05) is 31.3 Å². The van der Waals surface area contributed by atoms with E-state index in [-0.39, 0.29) is 28.4 Å². The quantitative estimate of drug-likeness (QED) is 0.104. The Kier molecular flexibility index (Phi) is 11.8. The van der Waals surface area contributed by atoms with Crippen LogP contribution in [0, 0.1) is 0 Å². The summed E-state index contributed by atoms with van der Waals surface area (Å²) in [7, 11) is -9.34. The van der Waals surface area contributed by atoms with Gasteiger partial charge in [0.1, 0.15) is 4.70 Å². The summed E-state index contributed by atoms with van der Waals surface area (Å²) in [6.45, 7) is 4.85. The number of carboxylic acid groups (broad SMARTS) is 1. The van der Waals surface area contributed by atoms with E-state index in [1.54, 1.807) is 18.2 Å². The molecule has 0 fully saturated rings. The number of aliphatic carboxylic acids is 1. The van der Waals surface area contributed by atoms with E-state index in [2.05, 4.69) is 4.90 Å². The molecule has 0 saturated carbocycles. The zero-order valence-corrected chi connectivity index (χ0v) is 31.0. The van der Waals surface area contributed by atoms with Gasteiger partial charge in [0, 0.05) is 62.4 Å². The highest BCUT2D eigenvalue weighted by atomic mass is 32.2. The summed E-state index contributed by atoms with van der Waals surface area (Å²) < 4.78 is 94.9. The van der Waals surface area contributed by atoms with E-state index in [9.17, 15) is 39.2 Å². The molecule has 4 rings (SSSR count). The third kappa shape index (κ3) is 9.14. The van der Waals surface area contributed by atoms with Gasteiger partial charge in [0.05, 0.1) is 15.5 Å². The summed E-state index contributed by atoms with van der Waals surface area (Å²) >= 11 is 1.37. The summed E-state index contributed by atoms with van der Waals surface area (Å²) in [5.41, 5.74) is 2.42. The lowest BCUT2D eigenvalue weighted by Crippen LogP contribution is -2.35. The van der Waals surface area contributed by atoms with Crippen molar-refractivity contribution in [1.29, 1.82) is 0 Å². The minimum atomic E-state index is -4.44. The molecule has 268 valence electrons. The van der Waals surface area contributed by atoms with Crippen LogP contribution in [0.25, 0.3) is 16.3 Å². The van der Waals surface area contributed by atoms with Crippen LogP contribution in [0.1, 0.15) is 62.9 Å². The molecule has 0 unspecified atom stereocenters. The number of fused-ring (bicyclic) bond motifs is 2. The van der Waals surface area contributed by atoms with Gasteiger partial charge in [0.15, 0.2) is 6.54 Å². The summed E-state index contributed by atoms with van der Waals surface area (Å²) in [6.07, 6.45) is 8.24. The molecule has 2 aromatic carbocycles. The van der Waals surface area contributed by atoms with Crippen molar-refractivity contribution < 1.29 is 48.8 Å². The molecular weight excluding hydrogens is 715 g/mol. The van der Waals surface area contributed by atoms with E-state index in [1.807, 2.05) is 36.6 Å². The van der Waals surface area contributed by atoms with Crippen LogP contribution in [0.3, 0.4) is 0 Å². The first-order valence-electron chi connectivity index (χ1n) is 15.6. The molecule has 0 atom stereocenters. The molecule has 2 heterocycles. The van der Waals surface area contributed by atoms with Gasteiger partial charge in [-0.1, -0.05) is 37.7 Å². The van der Waals surface area contributed by atoms with Gasteiger partial charge in [0.25, 0.3) is 25.2 Å². The standard InChI is InChI=1S/C32H41N3O10S4/c1-32(2)25-21-24(49(43,44)45)15-16-26(25)34(18-7-5-6-13-31(36)37)29(32)11-10-12-30-35(19-8-9-20-47(38,39)40)27-17-14-23(22-28(27)46-30)48(41,42)33(3)4/h10-12,14-17,21-22H,5-9,13,18-20H2,1-4H3,(H2-,36,37,38,39,40,43,44,45)/p+1. The van der Waals surface area contributed by atoms with Crippen molar-refractivity contribution in [3.05, 3.63) is 64.8 Å². The molecule has 1 aliphatic heterocycles. The fourth-order valence-electron chi connectivity index (χ4n) is 5.87. The van der Waals surface area contributed by atoms with E-state index in [1.165, 1.54) is 43.6 Å². The molecule has 0 bridgehead atoms. The number of anilines is 1. The maximum atomic E-state index is 12.8. The highest BCUT2D eigenvalue weighted by Gasteiger charge is 2.40. The number of allylic oxidation sites excluding steroid dienone is 3. The summed E-state index contributed by atoms with van der Waals surface area (Å²) in [5, 5.41) is 9.78. The maximum Gasteiger partial charge on any atom is 0.303 e. The predicted octanol–water partition coefficient (Wildman–Crippen LogP) is 4.69. The number of thiazole rings is 1. The lowest BCUT2D eigenvalue weighted by atomic mass is 9.83. The van der Waals surface area contributed by atoms with Gasteiger partial charge in [-0.2, -0.15) is 21.4 Å². The van der Waals surface area contributed by atoms with Gasteiger partial charge in [-0.05, 0) is 61.2 Å². The minimum absolute atomic E-state index is 0.0682. The number of hydrogen-bond donors (Lipinski definition) is 3. The number of sulfonamides is 1. The molecule has 17 heteroatoms. The molecule has 3 N–H and O–H groups in total. The smallest absolute Gasteiger partial charge is 0.303 e.